The summed E-state index contributed by atoms with van der Waals surface area (Å²) in [6, 6.07) is 0.483. The Kier molecular flexibility index (Phi) is 4.93. The summed E-state index contributed by atoms with van der Waals surface area (Å²) < 4.78 is 0. The molecule has 0 atom stereocenters. The lowest BCUT2D eigenvalue weighted by Crippen LogP contribution is -2.26. The molecule has 0 amide bonds. The first kappa shape index (κ1) is 13.3. The number of anilines is 1. The van der Waals surface area contributed by atoms with E-state index in [0.717, 1.165) is 31.1 Å². The highest BCUT2D eigenvalue weighted by atomic mass is 15.2. The molecule has 2 heterocycles. The molecule has 0 unspecified atom stereocenters. The molecule has 18 heavy (non-hydrogen) atoms. The molecule has 0 aliphatic carbocycles. The van der Waals surface area contributed by atoms with Crippen molar-refractivity contribution in [1.29, 1.82) is 0 Å². The Balaban J connectivity index is 1.93. The monoisotopic (exact) mass is 248 g/mol. The summed E-state index contributed by atoms with van der Waals surface area (Å²) in [7, 11) is 0. The van der Waals surface area contributed by atoms with Crippen LogP contribution in [0.25, 0.3) is 0 Å². The molecular weight excluding hydrogens is 224 g/mol. The summed E-state index contributed by atoms with van der Waals surface area (Å²) in [6.45, 7) is 7.32. The molecule has 1 fully saturated rings. The fourth-order valence-corrected chi connectivity index (χ4v) is 2.21. The largest absolute Gasteiger partial charge is 0.355 e. The molecule has 1 N–H and O–H groups in total. The van der Waals surface area contributed by atoms with Crippen LogP contribution in [0.5, 0.6) is 0 Å². The van der Waals surface area contributed by atoms with Crippen LogP contribution < -0.4 is 10.2 Å². The quantitative estimate of drug-likeness (QED) is 0.888. The maximum atomic E-state index is 4.55. The average molecular weight is 248 g/mol. The van der Waals surface area contributed by atoms with Crippen molar-refractivity contribution in [3.63, 3.8) is 0 Å². The maximum Gasteiger partial charge on any atom is 0.147 e. The van der Waals surface area contributed by atoms with Gasteiger partial charge in [0.15, 0.2) is 0 Å². The highest BCUT2D eigenvalue weighted by molar-refractivity contribution is 5.35. The van der Waals surface area contributed by atoms with Gasteiger partial charge in [-0.2, -0.15) is 0 Å². The van der Waals surface area contributed by atoms with Crippen LogP contribution in [0.3, 0.4) is 0 Å². The first-order valence-electron chi connectivity index (χ1n) is 7.05. The van der Waals surface area contributed by atoms with E-state index in [9.17, 15) is 0 Å². The van der Waals surface area contributed by atoms with Crippen LogP contribution in [0, 0.1) is 0 Å². The summed E-state index contributed by atoms with van der Waals surface area (Å²) in [4.78, 5) is 11.4. The van der Waals surface area contributed by atoms with E-state index in [1.807, 2.05) is 12.4 Å². The molecule has 0 aromatic carbocycles. The van der Waals surface area contributed by atoms with Crippen LogP contribution in [0.15, 0.2) is 12.4 Å². The van der Waals surface area contributed by atoms with Crippen LogP contribution >= 0.6 is 0 Å². The minimum Gasteiger partial charge on any atom is -0.355 e. The molecule has 0 radical (unpaired) electrons. The van der Waals surface area contributed by atoms with Gasteiger partial charge < -0.3 is 10.2 Å². The van der Waals surface area contributed by atoms with Crippen molar-refractivity contribution in [2.75, 3.05) is 18.0 Å². The average Bonchev–Trinajstić information content (AvgIpc) is 2.66. The molecule has 1 aromatic heterocycles. The summed E-state index contributed by atoms with van der Waals surface area (Å²) in [5.74, 6) is 1.03. The Bertz CT molecular complexity index is 339. The number of hydrogen-bond acceptors (Lipinski definition) is 4. The number of nitrogens with one attached hydrogen (secondary N) is 1. The second-order valence-electron chi connectivity index (χ2n) is 5.30. The first-order chi connectivity index (χ1) is 8.75. The highest BCUT2D eigenvalue weighted by Gasteiger charge is 2.11. The lowest BCUT2D eigenvalue weighted by atomic mass is 10.2. The Labute approximate surface area is 110 Å². The number of hydrogen-bond donors (Lipinski definition) is 1. The van der Waals surface area contributed by atoms with Crippen molar-refractivity contribution >= 4 is 5.82 Å². The van der Waals surface area contributed by atoms with Gasteiger partial charge in [-0.1, -0.05) is 26.7 Å². The second-order valence-corrected chi connectivity index (χ2v) is 5.30. The molecule has 1 aromatic rings. The lowest BCUT2D eigenvalue weighted by Gasteiger charge is -2.20. The molecule has 0 saturated carbocycles. The van der Waals surface area contributed by atoms with E-state index >= 15 is 0 Å². The number of rotatable bonds is 4. The lowest BCUT2D eigenvalue weighted by molar-refractivity contribution is 0.580. The zero-order chi connectivity index (χ0) is 12.8. The summed E-state index contributed by atoms with van der Waals surface area (Å²) >= 11 is 0. The van der Waals surface area contributed by atoms with Gasteiger partial charge >= 0.3 is 0 Å². The van der Waals surface area contributed by atoms with Gasteiger partial charge in [0.25, 0.3) is 0 Å². The summed E-state index contributed by atoms with van der Waals surface area (Å²) in [6.07, 6.45) is 9.07. The fraction of sp³-hybridized carbons (Fsp3) is 0.714. The molecule has 0 bridgehead atoms. The van der Waals surface area contributed by atoms with Crippen molar-refractivity contribution in [1.82, 2.24) is 15.3 Å². The maximum absolute atomic E-state index is 4.55. The Morgan fingerprint density at radius 2 is 1.83 bits per heavy atom. The van der Waals surface area contributed by atoms with E-state index in [0.29, 0.717) is 6.04 Å². The van der Waals surface area contributed by atoms with Gasteiger partial charge in [-0.3, -0.25) is 4.98 Å². The van der Waals surface area contributed by atoms with Crippen LogP contribution in [-0.4, -0.2) is 29.1 Å². The second kappa shape index (κ2) is 6.69. The molecule has 100 valence electrons. The third-order valence-corrected chi connectivity index (χ3v) is 3.31. The summed E-state index contributed by atoms with van der Waals surface area (Å²) in [5.41, 5.74) is 1.02. The van der Waals surface area contributed by atoms with Gasteiger partial charge in [0.05, 0.1) is 18.1 Å². The van der Waals surface area contributed by atoms with E-state index in [-0.39, 0.29) is 0 Å². The van der Waals surface area contributed by atoms with E-state index in [4.69, 9.17) is 0 Å². The molecule has 1 aliphatic heterocycles. The first-order valence-corrected chi connectivity index (χ1v) is 7.05. The third kappa shape index (κ3) is 3.95. The van der Waals surface area contributed by atoms with Gasteiger partial charge in [0.1, 0.15) is 5.82 Å². The predicted octanol–water partition coefficient (Wildman–Crippen LogP) is 2.36. The zero-order valence-corrected chi connectivity index (χ0v) is 11.5. The van der Waals surface area contributed by atoms with Crippen LogP contribution in [0.4, 0.5) is 5.82 Å². The van der Waals surface area contributed by atoms with Gasteiger partial charge in [-0.15, -0.1) is 0 Å². The molecule has 4 nitrogen and oxygen atoms in total. The predicted molar refractivity (Wildman–Crippen MR) is 74.7 cm³/mol. The van der Waals surface area contributed by atoms with Crippen molar-refractivity contribution in [2.24, 2.45) is 0 Å². The minimum absolute atomic E-state index is 0.483. The van der Waals surface area contributed by atoms with E-state index in [2.05, 4.69) is 34.0 Å². The Morgan fingerprint density at radius 1 is 1.11 bits per heavy atom. The van der Waals surface area contributed by atoms with Crippen molar-refractivity contribution in [3.8, 4) is 0 Å². The standard InChI is InChI=1S/C14H24N4/c1-12(2)15-9-13-10-17-14(11-16-13)18-7-5-3-4-6-8-18/h10-12,15H,3-9H2,1-2H3. The SMILES string of the molecule is CC(C)NCc1cnc(N2CCCCCC2)cn1. The van der Waals surface area contributed by atoms with Crippen LogP contribution in [0.1, 0.15) is 45.2 Å². The normalized spacial score (nSPS) is 16.9. The molecule has 4 heteroatoms. The number of aromatic nitrogens is 2. The van der Waals surface area contributed by atoms with Crippen molar-refractivity contribution in [2.45, 2.75) is 52.1 Å². The topological polar surface area (TPSA) is 41.1 Å². The van der Waals surface area contributed by atoms with Crippen molar-refractivity contribution in [3.05, 3.63) is 18.1 Å². The highest BCUT2D eigenvalue weighted by Crippen LogP contribution is 2.16. The molecule has 2 rings (SSSR count). The molecule has 1 aliphatic rings. The van der Waals surface area contributed by atoms with E-state index < -0.39 is 0 Å². The van der Waals surface area contributed by atoms with Crippen LogP contribution in [0.2, 0.25) is 0 Å². The van der Waals surface area contributed by atoms with Crippen molar-refractivity contribution < 1.29 is 0 Å². The fourth-order valence-electron chi connectivity index (χ4n) is 2.21. The van der Waals surface area contributed by atoms with E-state index in [1.54, 1.807) is 0 Å². The third-order valence-electron chi connectivity index (χ3n) is 3.31. The summed E-state index contributed by atoms with van der Waals surface area (Å²) in [5, 5.41) is 3.35. The minimum atomic E-state index is 0.483. The smallest absolute Gasteiger partial charge is 0.147 e. The van der Waals surface area contributed by atoms with Crippen LogP contribution in [-0.2, 0) is 6.54 Å². The van der Waals surface area contributed by atoms with Gasteiger partial charge in [0.2, 0.25) is 0 Å². The molecule has 0 spiro atoms. The zero-order valence-electron chi connectivity index (χ0n) is 11.5. The molecule has 1 saturated heterocycles. The van der Waals surface area contributed by atoms with Gasteiger partial charge in [-0.05, 0) is 12.8 Å². The van der Waals surface area contributed by atoms with Gasteiger partial charge in [0, 0.05) is 25.7 Å². The van der Waals surface area contributed by atoms with E-state index in [1.165, 1.54) is 25.7 Å². The Hall–Kier alpha value is -1.16. The van der Waals surface area contributed by atoms with Gasteiger partial charge in [-0.25, -0.2) is 4.98 Å². The Morgan fingerprint density at radius 3 is 2.39 bits per heavy atom. The number of nitrogens with zero attached hydrogens (tertiary/aromatic N) is 3. The molecular formula is C14H24N4.